The second-order valence-electron chi connectivity index (χ2n) is 12.4. The Balaban J connectivity index is 1.31. The second-order valence-corrected chi connectivity index (χ2v) is 12.4. The molecule has 10 rings (SSSR count). The SMILES string of the molecule is c1ccc(-c2ccc3ccc4ccc(-c5ccc(-c6ccccc6)c6oc7c(-c8ccccc8)cccc7c56)c5ccc2c3c45)cc1. The fraction of sp³-hybridized carbons (Fsp3) is 0. The summed E-state index contributed by atoms with van der Waals surface area (Å²) in [6.45, 7) is 0. The Hall–Kier alpha value is -6.18. The van der Waals surface area contributed by atoms with Crippen molar-refractivity contribution in [2.45, 2.75) is 0 Å². The molecule has 0 aliphatic heterocycles. The first-order valence-electron chi connectivity index (χ1n) is 16.2. The number of hydrogen-bond acceptors (Lipinski definition) is 1. The van der Waals surface area contributed by atoms with Gasteiger partial charge < -0.3 is 4.42 Å². The number of para-hydroxylation sites is 1. The molecule has 0 saturated carbocycles. The van der Waals surface area contributed by atoms with Gasteiger partial charge in [-0.1, -0.05) is 164 Å². The first-order valence-corrected chi connectivity index (χ1v) is 16.2. The van der Waals surface area contributed by atoms with Crippen LogP contribution in [0.5, 0.6) is 0 Å². The fourth-order valence-corrected chi connectivity index (χ4v) is 7.72. The number of hydrogen-bond donors (Lipinski definition) is 0. The molecule has 0 aliphatic rings. The molecule has 218 valence electrons. The average Bonchev–Trinajstić information content (AvgIpc) is 3.55. The number of rotatable bonds is 4. The molecule has 0 radical (unpaired) electrons. The molecule has 0 amide bonds. The largest absolute Gasteiger partial charge is 0.455 e. The van der Waals surface area contributed by atoms with Crippen LogP contribution in [0.2, 0.25) is 0 Å². The molecule has 0 atom stereocenters. The number of fused-ring (bicyclic) bond motifs is 3. The lowest BCUT2D eigenvalue weighted by Crippen LogP contribution is -1.90. The highest BCUT2D eigenvalue weighted by Crippen LogP contribution is 2.47. The van der Waals surface area contributed by atoms with Crippen molar-refractivity contribution in [3.8, 4) is 44.5 Å². The molecule has 0 aliphatic carbocycles. The van der Waals surface area contributed by atoms with E-state index in [2.05, 4.69) is 170 Å². The normalized spacial score (nSPS) is 11.8. The number of furan rings is 1. The summed E-state index contributed by atoms with van der Waals surface area (Å²) in [6.07, 6.45) is 0. The van der Waals surface area contributed by atoms with Gasteiger partial charge in [0.05, 0.1) is 0 Å². The van der Waals surface area contributed by atoms with Crippen molar-refractivity contribution in [1.82, 2.24) is 0 Å². The molecule has 0 saturated heterocycles. The van der Waals surface area contributed by atoms with Crippen LogP contribution in [-0.2, 0) is 0 Å². The maximum Gasteiger partial charge on any atom is 0.143 e. The fourth-order valence-electron chi connectivity index (χ4n) is 7.72. The molecule has 9 aromatic carbocycles. The Morgan fingerprint density at radius 3 is 1.34 bits per heavy atom. The van der Waals surface area contributed by atoms with Gasteiger partial charge in [-0.2, -0.15) is 0 Å². The molecule has 1 heteroatoms. The minimum absolute atomic E-state index is 0.920. The summed E-state index contributed by atoms with van der Waals surface area (Å²) >= 11 is 0. The zero-order chi connectivity index (χ0) is 30.9. The predicted octanol–water partition coefficient (Wildman–Crippen LogP) is 13.2. The maximum absolute atomic E-state index is 6.98. The lowest BCUT2D eigenvalue weighted by molar-refractivity contribution is 0.671. The Morgan fingerprint density at radius 2 is 0.723 bits per heavy atom. The second kappa shape index (κ2) is 10.2. The third-order valence-corrected chi connectivity index (χ3v) is 9.86. The monoisotopic (exact) mass is 596 g/mol. The highest BCUT2D eigenvalue weighted by Gasteiger charge is 2.22. The van der Waals surface area contributed by atoms with Gasteiger partial charge in [0.2, 0.25) is 0 Å². The van der Waals surface area contributed by atoms with Gasteiger partial charge in [0.1, 0.15) is 11.2 Å². The summed E-state index contributed by atoms with van der Waals surface area (Å²) in [4.78, 5) is 0. The Labute approximate surface area is 272 Å². The van der Waals surface area contributed by atoms with E-state index in [1.807, 2.05) is 0 Å². The minimum atomic E-state index is 0.920. The molecule has 0 N–H and O–H groups in total. The minimum Gasteiger partial charge on any atom is -0.455 e. The van der Waals surface area contributed by atoms with Gasteiger partial charge in [0.15, 0.2) is 0 Å². The van der Waals surface area contributed by atoms with E-state index in [1.54, 1.807) is 0 Å². The van der Waals surface area contributed by atoms with Crippen LogP contribution in [0.1, 0.15) is 0 Å². The molecule has 0 unspecified atom stereocenters. The topological polar surface area (TPSA) is 13.1 Å². The van der Waals surface area contributed by atoms with E-state index in [-0.39, 0.29) is 0 Å². The quantitative estimate of drug-likeness (QED) is 0.184. The van der Waals surface area contributed by atoms with E-state index in [0.29, 0.717) is 0 Å². The van der Waals surface area contributed by atoms with E-state index in [1.165, 1.54) is 54.6 Å². The van der Waals surface area contributed by atoms with Crippen LogP contribution >= 0.6 is 0 Å². The molecule has 47 heavy (non-hydrogen) atoms. The maximum atomic E-state index is 6.98. The first kappa shape index (κ1) is 26.1. The zero-order valence-electron chi connectivity index (χ0n) is 25.6. The Bertz CT molecular complexity index is 2750. The van der Waals surface area contributed by atoms with Crippen LogP contribution in [0.15, 0.2) is 174 Å². The standard InChI is InChI=1S/C46H28O/c1-4-11-29(12-5-1)34-23-21-32-19-20-33-22-24-37(39-28-27-38(34)42(32)43(33)39)40-26-25-36(31-15-8-3-9-16-31)46-44(40)41-18-10-17-35(45(41)47-46)30-13-6-2-7-14-30/h1-28H. The molecule has 0 spiro atoms. The van der Waals surface area contributed by atoms with Gasteiger partial charge >= 0.3 is 0 Å². The molecule has 1 heterocycles. The predicted molar refractivity (Wildman–Crippen MR) is 199 cm³/mol. The van der Waals surface area contributed by atoms with Crippen molar-refractivity contribution in [3.05, 3.63) is 170 Å². The van der Waals surface area contributed by atoms with E-state index in [9.17, 15) is 0 Å². The summed E-state index contributed by atoms with van der Waals surface area (Å²) in [5, 5.41) is 9.98. The third kappa shape index (κ3) is 3.90. The van der Waals surface area contributed by atoms with Crippen LogP contribution in [0.3, 0.4) is 0 Å². The van der Waals surface area contributed by atoms with E-state index in [4.69, 9.17) is 4.42 Å². The average molecular weight is 597 g/mol. The summed E-state index contributed by atoms with van der Waals surface area (Å²) in [5.41, 5.74) is 11.2. The smallest absolute Gasteiger partial charge is 0.143 e. The van der Waals surface area contributed by atoms with Gasteiger partial charge in [0.25, 0.3) is 0 Å². The number of benzene rings is 9. The van der Waals surface area contributed by atoms with Gasteiger partial charge in [-0.3, -0.25) is 0 Å². The Morgan fingerprint density at radius 1 is 0.255 bits per heavy atom. The van der Waals surface area contributed by atoms with E-state index < -0.39 is 0 Å². The van der Waals surface area contributed by atoms with Crippen LogP contribution in [0, 0.1) is 0 Å². The highest BCUT2D eigenvalue weighted by atomic mass is 16.3. The van der Waals surface area contributed by atoms with E-state index >= 15 is 0 Å². The molecule has 0 fully saturated rings. The summed E-state index contributed by atoms with van der Waals surface area (Å²) in [6, 6.07) is 61.3. The zero-order valence-corrected chi connectivity index (χ0v) is 25.6. The lowest BCUT2D eigenvalue weighted by atomic mass is 9.86. The van der Waals surface area contributed by atoms with Gasteiger partial charge in [-0.15, -0.1) is 0 Å². The Kier molecular flexibility index (Phi) is 5.64. The van der Waals surface area contributed by atoms with Crippen molar-refractivity contribution in [1.29, 1.82) is 0 Å². The van der Waals surface area contributed by atoms with Crippen molar-refractivity contribution < 1.29 is 4.42 Å². The molecule has 1 nitrogen and oxygen atoms in total. The molecule has 0 bridgehead atoms. The van der Waals surface area contributed by atoms with Crippen molar-refractivity contribution >= 4 is 54.3 Å². The molecular formula is C46H28O. The first-order chi connectivity index (χ1) is 23.3. The van der Waals surface area contributed by atoms with Crippen LogP contribution in [-0.4, -0.2) is 0 Å². The van der Waals surface area contributed by atoms with Gasteiger partial charge in [-0.25, -0.2) is 0 Å². The van der Waals surface area contributed by atoms with Crippen LogP contribution < -0.4 is 0 Å². The van der Waals surface area contributed by atoms with Gasteiger partial charge in [0, 0.05) is 21.9 Å². The van der Waals surface area contributed by atoms with Crippen LogP contribution in [0.25, 0.3) is 98.8 Å². The lowest BCUT2D eigenvalue weighted by Gasteiger charge is -2.17. The van der Waals surface area contributed by atoms with Crippen molar-refractivity contribution in [2.75, 3.05) is 0 Å². The summed E-state index contributed by atoms with van der Waals surface area (Å²) < 4.78 is 6.98. The summed E-state index contributed by atoms with van der Waals surface area (Å²) in [5.74, 6) is 0. The van der Waals surface area contributed by atoms with Crippen LogP contribution in [0.4, 0.5) is 0 Å². The van der Waals surface area contributed by atoms with Crippen molar-refractivity contribution in [2.24, 2.45) is 0 Å². The molecule has 10 aromatic rings. The molecule has 1 aromatic heterocycles. The van der Waals surface area contributed by atoms with E-state index in [0.717, 1.165) is 44.2 Å². The highest BCUT2D eigenvalue weighted by molar-refractivity contribution is 6.29. The molecular weight excluding hydrogens is 569 g/mol. The van der Waals surface area contributed by atoms with Gasteiger partial charge in [-0.05, 0) is 71.8 Å². The third-order valence-electron chi connectivity index (χ3n) is 9.86. The van der Waals surface area contributed by atoms with Crippen molar-refractivity contribution in [3.63, 3.8) is 0 Å². The summed E-state index contributed by atoms with van der Waals surface area (Å²) in [7, 11) is 0.